The molecule has 33 heavy (non-hydrogen) atoms. The van der Waals surface area contributed by atoms with Gasteiger partial charge in [-0.2, -0.15) is 0 Å². The number of rotatable bonds is 9. The summed E-state index contributed by atoms with van der Waals surface area (Å²) < 4.78 is 25.6. The van der Waals surface area contributed by atoms with Crippen molar-refractivity contribution >= 4 is 51.4 Å². The molecule has 1 atom stereocenters. The van der Waals surface area contributed by atoms with Crippen LogP contribution in [-0.2, 0) is 16.3 Å². The maximum atomic E-state index is 12.8. The van der Waals surface area contributed by atoms with Gasteiger partial charge in [-0.3, -0.25) is 0 Å². The molecule has 6 nitrogen and oxygen atoms in total. The smallest absolute Gasteiger partial charge is 0.337 e. The lowest BCUT2D eigenvalue weighted by Crippen LogP contribution is -2.23. The third-order valence-electron chi connectivity index (χ3n) is 4.88. The molecule has 10 heteroatoms. The number of aliphatic hydroxyl groups is 1. The number of nitrogens with one attached hydrogen (secondary N) is 1. The molecule has 3 rings (SSSR count). The summed E-state index contributed by atoms with van der Waals surface area (Å²) in [5.41, 5.74) is 1.50. The van der Waals surface area contributed by atoms with Gasteiger partial charge in [-0.05, 0) is 66.6 Å². The van der Waals surface area contributed by atoms with Gasteiger partial charge in [0.25, 0.3) is 0 Å². The third kappa shape index (κ3) is 6.93. The van der Waals surface area contributed by atoms with Gasteiger partial charge in [0.2, 0.25) is 9.84 Å². The number of carbonyl (C=O) groups is 1. The lowest BCUT2D eigenvalue weighted by Gasteiger charge is -2.13. The highest BCUT2D eigenvalue weighted by Gasteiger charge is 2.20. The van der Waals surface area contributed by atoms with E-state index in [1.807, 2.05) is 0 Å². The molecule has 176 valence electrons. The Bertz CT molecular complexity index is 1220. The first-order valence-electron chi connectivity index (χ1n) is 9.69. The van der Waals surface area contributed by atoms with Gasteiger partial charge in [0.15, 0.2) is 0 Å². The van der Waals surface area contributed by atoms with Gasteiger partial charge in [0, 0.05) is 11.6 Å². The lowest BCUT2D eigenvalue weighted by atomic mass is 10.1. The molecule has 3 N–H and O–H groups in total. The second-order valence-electron chi connectivity index (χ2n) is 7.12. The number of sulfone groups is 1. The molecule has 3 aromatic carbocycles. The van der Waals surface area contributed by atoms with Crippen LogP contribution in [0.4, 0.5) is 0 Å². The van der Waals surface area contributed by atoms with E-state index in [2.05, 4.69) is 5.32 Å². The van der Waals surface area contributed by atoms with Crippen LogP contribution in [-0.4, -0.2) is 37.7 Å². The molecular weight excluding hydrogens is 509 g/mol. The first-order chi connectivity index (χ1) is 15.2. The Kier molecular flexibility index (Phi) is 9.72. The normalized spacial score (nSPS) is 12.1. The van der Waals surface area contributed by atoms with E-state index in [0.717, 1.165) is 17.2 Å². The summed E-state index contributed by atoms with van der Waals surface area (Å²) in [7, 11) is -3.83. The molecule has 0 fully saturated rings. The van der Waals surface area contributed by atoms with Crippen LogP contribution in [0.15, 0.2) is 76.5 Å². The Hall–Kier alpha value is -2.13. The molecule has 0 heterocycles. The van der Waals surface area contributed by atoms with Gasteiger partial charge in [0.1, 0.15) is 0 Å². The predicted octanol–water partition coefficient (Wildman–Crippen LogP) is 4.81. The molecular formula is C23H22Cl3NO5S. The summed E-state index contributed by atoms with van der Waals surface area (Å²) in [6.07, 6.45) is -0.0394. The minimum Gasteiger partial charge on any atom is -0.478 e. The first kappa shape index (κ1) is 27.1. The summed E-state index contributed by atoms with van der Waals surface area (Å²) in [5, 5.41) is 22.8. The predicted molar refractivity (Wildman–Crippen MR) is 131 cm³/mol. The first-order valence-corrected chi connectivity index (χ1v) is 11.9. The molecule has 0 radical (unpaired) electrons. The van der Waals surface area contributed by atoms with Crippen molar-refractivity contribution in [2.45, 2.75) is 22.3 Å². The summed E-state index contributed by atoms with van der Waals surface area (Å²) in [6, 6.07) is 17.0. The maximum Gasteiger partial charge on any atom is 0.337 e. The second-order valence-corrected chi connectivity index (χ2v) is 9.91. The summed E-state index contributed by atoms with van der Waals surface area (Å²) in [6.45, 7) is 0.954. The lowest BCUT2D eigenvalue weighted by molar-refractivity contribution is 0.0697. The zero-order valence-corrected chi connectivity index (χ0v) is 20.4. The quantitative estimate of drug-likeness (QED) is 0.343. The van der Waals surface area contributed by atoms with Gasteiger partial charge < -0.3 is 15.5 Å². The third-order valence-corrected chi connectivity index (χ3v) is 7.19. The molecule has 0 saturated carbocycles. The molecule has 0 bridgehead atoms. The van der Waals surface area contributed by atoms with Crippen LogP contribution in [0.25, 0.3) is 0 Å². The van der Waals surface area contributed by atoms with Crippen molar-refractivity contribution in [1.82, 2.24) is 5.32 Å². The summed E-state index contributed by atoms with van der Waals surface area (Å²) >= 11 is 11.8. The number of hydrogen-bond donors (Lipinski definition) is 3. The Morgan fingerprint density at radius 1 is 0.970 bits per heavy atom. The number of hydrogen-bond acceptors (Lipinski definition) is 5. The standard InChI is InChI=1S/C23H21Cl2NO5S.ClH/c24-17-3-1-2-16(12-17)22(27)14-26-11-10-15-4-6-18(7-5-15)32(30,31)19-8-9-20(23(28)29)21(25)13-19;/h1-9,12-13,22,26-27H,10-11,14H2,(H,28,29);1H/t22-;/m1./s1. The van der Waals surface area contributed by atoms with Crippen LogP contribution in [0, 0.1) is 0 Å². The van der Waals surface area contributed by atoms with E-state index in [9.17, 15) is 18.3 Å². The molecule has 0 amide bonds. The molecule has 3 aromatic rings. The monoisotopic (exact) mass is 529 g/mol. The molecule has 0 aliphatic rings. The zero-order chi connectivity index (χ0) is 23.3. The van der Waals surface area contributed by atoms with Gasteiger partial charge in [-0.25, -0.2) is 13.2 Å². The van der Waals surface area contributed by atoms with E-state index in [4.69, 9.17) is 28.3 Å². The van der Waals surface area contributed by atoms with Crippen LogP contribution in [0.1, 0.15) is 27.6 Å². The molecule has 0 aliphatic heterocycles. The van der Waals surface area contributed by atoms with Crippen molar-refractivity contribution in [3.63, 3.8) is 0 Å². The van der Waals surface area contributed by atoms with Crippen LogP contribution in [0.5, 0.6) is 0 Å². The highest BCUT2D eigenvalue weighted by atomic mass is 35.5. The fourth-order valence-corrected chi connectivity index (χ4v) is 4.92. The highest BCUT2D eigenvalue weighted by molar-refractivity contribution is 7.91. The Morgan fingerprint density at radius 2 is 1.64 bits per heavy atom. The average Bonchev–Trinajstić information content (AvgIpc) is 2.76. The minimum atomic E-state index is -3.83. The van der Waals surface area contributed by atoms with Crippen LogP contribution in [0.3, 0.4) is 0 Å². The van der Waals surface area contributed by atoms with E-state index in [0.29, 0.717) is 24.5 Å². The van der Waals surface area contributed by atoms with Crippen molar-refractivity contribution in [2.75, 3.05) is 13.1 Å². The molecule has 0 aromatic heterocycles. The fourth-order valence-electron chi connectivity index (χ4n) is 3.11. The van der Waals surface area contributed by atoms with Crippen LogP contribution < -0.4 is 5.32 Å². The summed E-state index contributed by atoms with van der Waals surface area (Å²) in [5.74, 6) is -1.23. The number of carboxylic acid groups (broad SMARTS) is 1. The topological polar surface area (TPSA) is 104 Å². The van der Waals surface area contributed by atoms with E-state index < -0.39 is 21.9 Å². The largest absolute Gasteiger partial charge is 0.478 e. The minimum absolute atomic E-state index is 0. The number of benzene rings is 3. The van der Waals surface area contributed by atoms with E-state index >= 15 is 0 Å². The number of aromatic carboxylic acids is 1. The Morgan fingerprint density at radius 3 is 2.24 bits per heavy atom. The van der Waals surface area contributed by atoms with Gasteiger partial charge in [-0.1, -0.05) is 47.5 Å². The van der Waals surface area contributed by atoms with Gasteiger partial charge in [0.05, 0.1) is 26.5 Å². The molecule has 0 spiro atoms. The number of halogens is 3. The van der Waals surface area contributed by atoms with Crippen molar-refractivity contribution in [1.29, 1.82) is 0 Å². The van der Waals surface area contributed by atoms with Crippen LogP contribution in [0.2, 0.25) is 10.0 Å². The number of carboxylic acids is 1. The number of aliphatic hydroxyl groups excluding tert-OH is 1. The van der Waals surface area contributed by atoms with Gasteiger partial charge >= 0.3 is 5.97 Å². The highest BCUT2D eigenvalue weighted by Crippen LogP contribution is 2.26. The fraction of sp³-hybridized carbons (Fsp3) is 0.174. The zero-order valence-electron chi connectivity index (χ0n) is 17.2. The molecule has 0 unspecified atom stereocenters. The summed E-state index contributed by atoms with van der Waals surface area (Å²) in [4.78, 5) is 11.1. The van der Waals surface area contributed by atoms with E-state index in [1.165, 1.54) is 24.3 Å². The van der Waals surface area contributed by atoms with Crippen LogP contribution >= 0.6 is 35.6 Å². The maximum absolute atomic E-state index is 12.8. The van der Waals surface area contributed by atoms with Crippen molar-refractivity contribution in [3.05, 3.63) is 93.5 Å². The second kappa shape index (κ2) is 11.8. The van der Waals surface area contributed by atoms with E-state index in [-0.39, 0.29) is 32.8 Å². The van der Waals surface area contributed by atoms with E-state index in [1.54, 1.807) is 36.4 Å². The van der Waals surface area contributed by atoms with Crippen molar-refractivity contribution in [2.24, 2.45) is 0 Å². The SMILES string of the molecule is Cl.O=C(O)c1ccc(S(=O)(=O)c2ccc(CCNC[C@@H](O)c3cccc(Cl)c3)cc2)cc1Cl. The van der Waals surface area contributed by atoms with Crippen molar-refractivity contribution in [3.8, 4) is 0 Å². The Balaban J connectivity index is 0.00000385. The average molecular weight is 531 g/mol. The van der Waals surface area contributed by atoms with Crippen molar-refractivity contribution < 1.29 is 23.4 Å². The Labute approximate surface area is 208 Å². The van der Waals surface area contributed by atoms with Gasteiger partial charge in [-0.15, -0.1) is 12.4 Å². The molecule has 0 aliphatic carbocycles. The molecule has 0 saturated heterocycles.